The van der Waals surface area contributed by atoms with Crippen LogP contribution in [0.1, 0.15) is 16.1 Å². The van der Waals surface area contributed by atoms with Crippen LogP contribution in [0.5, 0.6) is 5.75 Å². The first-order chi connectivity index (χ1) is 10.3. The van der Waals surface area contributed by atoms with Gasteiger partial charge in [-0.25, -0.2) is 4.98 Å². The third-order valence-electron chi connectivity index (χ3n) is 3.39. The highest BCUT2D eigenvalue weighted by atomic mass is 32.1. The van der Waals surface area contributed by atoms with Crippen molar-refractivity contribution in [3.8, 4) is 5.75 Å². The Morgan fingerprint density at radius 3 is 3.14 bits per heavy atom. The summed E-state index contributed by atoms with van der Waals surface area (Å²) in [6.07, 6.45) is 1.21. The van der Waals surface area contributed by atoms with Gasteiger partial charge in [-0.1, -0.05) is 18.2 Å². The molecule has 1 aromatic heterocycles. The van der Waals surface area contributed by atoms with Crippen LogP contribution in [0.2, 0.25) is 0 Å². The fraction of sp³-hybridized carbons (Fsp3) is 0.333. The van der Waals surface area contributed by atoms with Gasteiger partial charge in [-0.15, -0.1) is 11.3 Å². The molecule has 1 aliphatic rings. The lowest BCUT2D eigenvalue weighted by atomic mass is 10.1. The van der Waals surface area contributed by atoms with Crippen LogP contribution in [0, 0.1) is 0 Å². The van der Waals surface area contributed by atoms with Crippen LogP contribution < -0.4 is 15.4 Å². The van der Waals surface area contributed by atoms with E-state index in [1.807, 2.05) is 24.3 Å². The van der Waals surface area contributed by atoms with Gasteiger partial charge in [0.25, 0.3) is 0 Å². The molecule has 21 heavy (non-hydrogen) atoms. The minimum absolute atomic E-state index is 0.0708. The molecule has 6 heteroatoms. The number of ether oxygens (including phenoxy) is 1. The van der Waals surface area contributed by atoms with E-state index in [4.69, 9.17) is 4.74 Å². The largest absolute Gasteiger partial charge is 0.496 e. The molecule has 0 radical (unpaired) electrons. The summed E-state index contributed by atoms with van der Waals surface area (Å²) in [5, 5.41) is 6.87. The molecule has 110 valence electrons. The van der Waals surface area contributed by atoms with Crippen molar-refractivity contribution in [2.24, 2.45) is 0 Å². The Hall–Kier alpha value is -1.92. The highest BCUT2D eigenvalue weighted by Gasteiger charge is 2.16. The average molecular weight is 303 g/mol. The molecule has 5 nitrogen and oxygen atoms in total. The van der Waals surface area contributed by atoms with Crippen molar-refractivity contribution < 1.29 is 9.53 Å². The van der Waals surface area contributed by atoms with Crippen molar-refractivity contribution >= 4 is 22.4 Å². The van der Waals surface area contributed by atoms with Gasteiger partial charge in [0.2, 0.25) is 5.91 Å². The van der Waals surface area contributed by atoms with Crippen molar-refractivity contribution in [2.75, 3.05) is 19.0 Å². The van der Waals surface area contributed by atoms with Crippen LogP contribution >= 0.6 is 11.3 Å². The molecule has 2 heterocycles. The predicted octanol–water partition coefficient (Wildman–Crippen LogP) is 1.98. The number of amides is 1. The Morgan fingerprint density at radius 2 is 2.33 bits per heavy atom. The van der Waals surface area contributed by atoms with Crippen LogP contribution in [-0.4, -0.2) is 24.5 Å². The molecule has 1 amide bonds. The number of anilines is 1. The number of nitrogens with one attached hydrogen (secondary N) is 2. The zero-order valence-corrected chi connectivity index (χ0v) is 12.6. The van der Waals surface area contributed by atoms with Gasteiger partial charge >= 0.3 is 0 Å². The van der Waals surface area contributed by atoms with Gasteiger partial charge in [-0.2, -0.15) is 0 Å². The number of aromatic nitrogens is 1. The summed E-state index contributed by atoms with van der Waals surface area (Å²) in [4.78, 5) is 17.9. The van der Waals surface area contributed by atoms with E-state index in [2.05, 4.69) is 15.6 Å². The Bertz CT molecular complexity index is 631. The second-order valence-electron chi connectivity index (χ2n) is 4.85. The van der Waals surface area contributed by atoms with Crippen molar-refractivity contribution in [3.63, 3.8) is 0 Å². The normalized spacial score (nSPS) is 13.6. The molecule has 1 aromatic carbocycles. The average Bonchev–Trinajstić information content (AvgIpc) is 2.89. The van der Waals surface area contributed by atoms with E-state index in [0.29, 0.717) is 5.13 Å². The molecule has 2 N–H and O–H groups in total. The van der Waals surface area contributed by atoms with Crippen LogP contribution in [0.4, 0.5) is 5.13 Å². The fourth-order valence-electron chi connectivity index (χ4n) is 2.36. The minimum Gasteiger partial charge on any atom is -0.496 e. The molecule has 0 spiro atoms. The van der Waals surface area contributed by atoms with Gasteiger partial charge < -0.3 is 15.4 Å². The van der Waals surface area contributed by atoms with Crippen LogP contribution in [0.25, 0.3) is 0 Å². The summed E-state index contributed by atoms with van der Waals surface area (Å²) >= 11 is 1.55. The maximum atomic E-state index is 12.1. The zero-order valence-electron chi connectivity index (χ0n) is 11.8. The number of carbonyl (C=O) groups is 1. The number of nitrogens with zero attached hydrogens (tertiary/aromatic N) is 1. The SMILES string of the molecule is COc1ccccc1CC(=O)Nc1nc2c(s1)CNCC2. The molecule has 0 aliphatic carbocycles. The van der Waals surface area contributed by atoms with Crippen LogP contribution in [0.3, 0.4) is 0 Å². The number of methoxy groups -OCH3 is 1. The summed E-state index contributed by atoms with van der Waals surface area (Å²) in [7, 11) is 1.61. The van der Waals surface area contributed by atoms with E-state index in [-0.39, 0.29) is 12.3 Å². The number of thiazole rings is 1. The number of rotatable bonds is 4. The van der Waals surface area contributed by atoms with Gasteiger partial charge in [-0.05, 0) is 6.07 Å². The third-order valence-corrected chi connectivity index (χ3v) is 4.41. The molecule has 0 unspecified atom stereocenters. The topological polar surface area (TPSA) is 63.2 Å². The van der Waals surface area contributed by atoms with Crippen LogP contribution in [0.15, 0.2) is 24.3 Å². The molecule has 0 fully saturated rings. The van der Waals surface area contributed by atoms with Crippen molar-refractivity contribution in [1.82, 2.24) is 10.3 Å². The zero-order chi connectivity index (χ0) is 14.7. The molecule has 0 atom stereocenters. The van der Waals surface area contributed by atoms with Gasteiger partial charge in [0.05, 0.1) is 19.2 Å². The van der Waals surface area contributed by atoms with E-state index >= 15 is 0 Å². The Morgan fingerprint density at radius 1 is 1.48 bits per heavy atom. The Kier molecular flexibility index (Phi) is 4.17. The lowest BCUT2D eigenvalue weighted by molar-refractivity contribution is -0.115. The first-order valence-electron chi connectivity index (χ1n) is 6.87. The molecule has 1 aliphatic heterocycles. The fourth-order valence-corrected chi connectivity index (χ4v) is 3.36. The Labute approximate surface area is 127 Å². The monoisotopic (exact) mass is 303 g/mol. The lowest BCUT2D eigenvalue weighted by Crippen LogP contribution is -2.22. The number of hydrogen-bond donors (Lipinski definition) is 2. The maximum Gasteiger partial charge on any atom is 0.230 e. The van der Waals surface area contributed by atoms with E-state index in [1.165, 1.54) is 4.88 Å². The number of hydrogen-bond acceptors (Lipinski definition) is 5. The van der Waals surface area contributed by atoms with Crippen LogP contribution in [-0.2, 0) is 24.2 Å². The van der Waals surface area contributed by atoms with Gasteiger partial charge in [0, 0.05) is 30.0 Å². The first kappa shape index (κ1) is 14.0. The third kappa shape index (κ3) is 3.22. The summed E-state index contributed by atoms with van der Waals surface area (Å²) in [5.41, 5.74) is 1.98. The second-order valence-corrected chi connectivity index (χ2v) is 5.94. The quantitative estimate of drug-likeness (QED) is 0.906. The second kappa shape index (κ2) is 6.24. The van der Waals surface area contributed by atoms with E-state index < -0.39 is 0 Å². The summed E-state index contributed by atoms with van der Waals surface area (Å²) in [6.45, 7) is 1.79. The standard InChI is InChI=1S/C15H17N3O2S/c1-20-12-5-3-2-4-10(12)8-14(19)18-15-17-11-6-7-16-9-13(11)21-15/h2-5,16H,6-9H2,1H3,(H,17,18,19). The lowest BCUT2D eigenvalue weighted by Gasteiger charge is -2.09. The molecule has 3 rings (SSSR count). The molecular weight excluding hydrogens is 286 g/mol. The summed E-state index contributed by atoms with van der Waals surface area (Å²) < 4.78 is 5.26. The molecular formula is C15H17N3O2S. The minimum atomic E-state index is -0.0708. The Balaban J connectivity index is 1.67. The molecule has 0 saturated heterocycles. The highest BCUT2D eigenvalue weighted by Crippen LogP contribution is 2.26. The van der Waals surface area contributed by atoms with Crippen molar-refractivity contribution in [2.45, 2.75) is 19.4 Å². The number of benzene rings is 1. The summed E-state index contributed by atoms with van der Waals surface area (Å²) in [6, 6.07) is 7.55. The van der Waals surface area contributed by atoms with E-state index in [9.17, 15) is 4.79 Å². The van der Waals surface area contributed by atoms with Gasteiger partial charge in [0.1, 0.15) is 5.75 Å². The van der Waals surface area contributed by atoms with Gasteiger partial charge in [-0.3, -0.25) is 4.79 Å². The van der Waals surface area contributed by atoms with E-state index in [1.54, 1.807) is 18.4 Å². The highest BCUT2D eigenvalue weighted by molar-refractivity contribution is 7.15. The molecule has 0 saturated carbocycles. The maximum absolute atomic E-state index is 12.1. The van der Waals surface area contributed by atoms with Gasteiger partial charge in [0.15, 0.2) is 5.13 Å². The first-order valence-corrected chi connectivity index (χ1v) is 7.69. The number of fused-ring (bicyclic) bond motifs is 1. The van der Waals surface area contributed by atoms with Crippen molar-refractivity contribution in [1.29, 1.82) is 0 Å². The molecule has 2 aromatic rings. The smallest absolute Gasteiger partial charge is 0.230 e. The number of para-hydroxylation sites is 1. The van der Waals surface area contributed by atoms with E-state index in [0.717, 1.165) is 36.5 Å². The van der Waals surface area contributed by atoms with Crippen molar-refractivity contribution in [3.05, 3.63) is 40.4 Å². The predicted molar refractivity (Wildman–Crippen MR) is 82.9 cm³/mol. The number of carbonyl (C=O) groups excluding carboxylic acids is 1. The summed E-state index contributed by atoms with van der Waals surface area (Å²) in [5.74, 6) is 0.661. The molecule has 0 bridgehead atoms.